The summed E-state index contributed by atoms with van der Waals surface area (Å²) in [6.45, 7) is 0. The quantitative estimate of drug-likeness (QED) is 0.486. The van der Waals surface area contributed by atoms with Gasteiger partial charge in [-0.05, 0) is 5.92 Å². The topological polar surface area (TPSA) is 105 Å². The first kappa shape index (κ1) is 10.6. The second-order valence-corrected chi connectivity index (χ2v) is 2.53. The van der Waals surface area contributed by atoms with Gasteiger partial charge in [0.15, 0.2) is 5.82 Å². The minimum atomic E-state index is -0.437. The molecular weight excluding hydrogens is 196 g/mol. The number of H-pyrrole nitrogens is 1. The van der Waals surface area contributed by atoms with E-state index in [2.05, 4.69) is 26.8 Å². The van der Waals surface area contributed by atoms with Crippen LogP contribution in [0.3, 0.4) is 0 Å². The summed E-state index contributed by atoms with van der Waals surface area (Å²) < 4.78 is 4.39. The maximum Gasteiger partial charge on any atom is 0.317 e. The summed E-state index contributed by atoms with van der Waals surface area (Å²) in [5.41, 5.74) is 5.88. The van der Waals surface area contributed by atoms with Gasteiger partial charge in [0.05, 0.1) is 7.11 Å². The van der Waals surface area contributed by atoms with Crippen LogP contribution in [0.1, 0.15) is 17.7 Å². The van der Waals surface area contributed by atoms with E-state index < -0.39 is 5.97 Å². The lowest BCUT2D eigenvalue weighted by molar-refractivity contribution is -0.139. The van der Waals surface area contributed by atoms with Gasteiger partial charge in [0.2, 0.25) is 0 Å². The number of nitriles is 1. The van der Waals surface area contributed by atoms with Gasteiger partial charge in [-0.15, -0.1) is 0 Å². The van der Waals surface area contributed by atoms with Gasteiger partial charge in [0, 0.05) is 0 Å². The van der Waals surface area contributed by atoms with Crippen LogP contribution in [0, 0.1) is 23.2 Å². The normalized spacial score (nSPS) is 8.53. The number of nitrogen functional groups attached to an aromatic ring is 1. The number of hydrogen-bond acceptors (Lipinski definition) is 5. The highest BCUT2D eigenvalue weighted by molar-refractivity contribution is 5.72. The van der Waals surface area contributed by atoms with E-state index in [0.717, 1.165) is 0 Å². The molecule has 0 radical (unpaired) electrons. The Hall–Kier alpha value is -2.47. The third kappa shape index (κ3) is 2.48. The Labute approximate surface area is 86.0 Å². The van der Waals surface area contributed by atoms with Gasteiger partial charge >= 0.3 is 5.97 Å². The van der Waals surface area contributed by atoms with Gasteiger partial charge in [-0.2, -0.15) is 10.4 Å². The van der Waals surface area contributed by atoms with Crippen LogP contribution < -0.4 is 5.73 Å². The van der Waals surface area contributed by atoms with Gasteiger partial charge in [0.25, 0.3) is 0 Å². The van der Waals surface area contributed by atoms with Crippen LogP contribution in [0.25, 0.3) is 0 Å². The van der Waals surface area contributed by atoms with Gasteiger partial charge in [-0.3, -0.25) is 9.89 Å². The fraction of sp³-hybridized carbons (Fsp3) is 0.222. The zero-order valence-electron chi connectivity index (χ0n) is 8.00. The molecule has 1 aromatic heterocycles. The van der Waals surface area contributed by atoms with Crippen LogP contribution in [0.5, 0.6) is 0 Å². The summed E-state index contributed by atoms with van der Waals surface area (Å²) in [6, 6.07) is 1.86. The largest absolute Gasteiger partial charge is 0.468 e. The first-order chi connectivity index (χ1) is 7.19. The number of hydrogen-bond donors (Lipinski definition) is 2. The predicted octanol–water partition coefficient (Wildman–Crippen LogP) is -0.222. The summed E-state index contributed by atoms with van der Waals surface area (Å²) in [7, 11) is 1.28. The molecule has 76 valence electrons. The molecule has 3 N–H and O–H groups in total. The highest BCUT2D eigenvalue weighted by Gasteiger charge is 2.07. The van der Waals surface area contributed by atoms with Crippen LogP contribution in [0.15, 0.2) is 0 Å². The molecule has 1 aromatic rings. The molecule has 0 atom stereocenters. The number of aromatic amines is 1. The van der Waals surface area contributed by atoms with Crippen molar-refractivity contribution in [3.05, 3.63) is 11.3 Å². The van der Waals surface area contributed by atoms with Gasteiger partial charge in [0.1, 0.15) is 23.7 Å². The molecule has 0 spiro atoms. The number of ether oxygens (including phenoxy) is 1. The van der Waals surface area contributed by atoms with E-state index in [1.807, 2.05) is 6.07 Å². The average Bonchev–Trinajstić information content (AvgIpc) is 2.59. The number of carbonyl (C=O) groups is 1. The Balaban J connectivity index is 2.81. The maximum absolute atomic E-state index is 10.7. The molecule has 6 heteroatoms. The Morgan fingerprint density at radius 2 is 2.47 bits per heavy atom. The number of carbonyl (C=O) groups excluding carboxylic acids is 1. The van der Waals surface area contributed by atoms with Gasteiger partial charge < -0.3 is 10.5 Å². The molecule has 6 nitrogen and oxygen atoms in total. The smallest absolute Gasteiger partial charge is 0.317 e. The highest BCUT2D eigenvalue weighted by atomic mass is 16.5. The van der Waals surface area contributed by atoms with Crippen molar-refractivity contribution in [1.82, 2.24) is 10.2 Å². The minimum absolute atomic E-state index is 0.0414. The number of aromatic nitrogens is 2. The molecule has 0 aliphatic rings. The van der Waals surface area contributed by atoms with E-state index in [1.54, 1.807) is 0 Å². The van der Waals surface area contributed by atoms with E-state index >= 15 is 0 Å². The van der Waals surface area contributed by atoms with Crippen LogP contribution in [-0.2, 0) is 9.53 Å². The zero-order valence-corrected chi connectivity index (χ0v) is 8.00. The van der Waals surface area contributed by atoms with Crippen LogP contribution in [0.2, 0.25) is 0 Å². The molecule has 0 unspecified atom stereocenters. The lowest BCUT2D eigenvalue weighted by Crippen LogP contribution is -1.97. The van der Waals surface area contributed by atoms with Crippen molar-refractivity contribution in [3.63, 3.8) is 0 Å². The first-order valence-corrected chi connectivity index (χ1v) is 3.98. The van der Waals surface area contributed by atoms with Crippen molar-refractivity contribution >= 4 is 11.8 Å². The lowest BCUT2D eigenvalue weighted by atomic mass is 10.2. The predicted molar refractivity (Wildman–Crippen MR) is 51.2 cm³/mol. The van der Waals surface area contributed by atoms with E-state index in [1.165, 1.54) is 7.11 Å². The van der Waals surface area contributed by atoms with E-state index in [9.17, 15) is 4.79 Å². The van der Waals surface area contributed by atoms with Gasteiger partial charge in [-0.1, -0.05) is 5.92 Å². The number of esters is 1. The molecule has 1 heterocycles. The van der Waals surface area contributed by atoms with Crippen molar-refractivity contribution in [2.45, 2.75) is 6.42 Å². The molecule has 0 amide bonds. The summed E-state index contributed by atoms with van der Waals surface area (Å²) >= 11 is 0. The van der Waals surface area contributed by atoms with Crippen LogP contribution >= 0.6 is 0 Å². The fourth-order valence-corrected chi connectivity index (χ4v) is 0.837. The van der Waals surface area contributed by atoms with Crippen molar-refractivity contribution in [2.75, 3.05) is 12.8 Å². The molecule has 0 aliphatic heterocycles. The number of anilines is 1. The Morgan fingerprint density at radius 3 is 3.07 bits per heavy atom. The number of nitrogens with one attached hydrogen (secondary N) is 1. The Kier molecular flexibility index (Phi) is 3.31. The van der Waals surface area contributed by atoms with Crippen molar-refractivity contribution in [3.8, 4) is 17.9 Å². The van der Waals surface area contributed by atoms with Crippen LogP contribution in [0.4, 0.5) is 5.82 Å². The van der Waals surface area contributed by atoms with Crippen LogP contribution in [-0.4, -0.2) is 23.3 Å². The maximum atomic E-state index is 10.7. The monoisotopic (exact) mass is 204 g/mol. The first-order valence-electron chi connectivity index (χ1n) is 3.98. The second kappa shape index (κ2) is 4.68. The molecule has 0 saturated carbocycles. The fourth-order valence-electron chi connectivity index (χ4n) is 0.837. The van der Waals surface area contributed by atoms with Crippen molar-refractivity contribution < 1.29 is 9.53 Å². The lowest BCUT2D eigenvalue weighted by Gasteiger charge is -1.88. The third-order valence-electron chi connectivity index (χ3n) is 1.58. The Bertz CT molecular complexity index is 473. The molecule has 0 aliphatic carbocycles. The summed E-state index contributed by atoms with van der Waals surface area (Å²) in [5, 5.41) is 14.8. The highest BCUT2D eigenvalue weighted by Crippen LogP contribution is 2.09. The molecule has 0 aromatic carbocycles. The zero-order chi connectivity index (χ0) is 11.3. The standard InChI is InChI=1S/C9H8N4O2/c1-15-8(14)4-2-3-7-6(5-10)9(11)13-12-7/h4H2,1H3,(H3,11,12,13). The molecule has 0 bridgehead atoms. The van der Waals surface area contributed by atoms with E-state index in [4.69, 9.17) is 11.0 Å². The van der Waals surface area contributed by atoms with E-state index in [0.29, 0.717) is 5.69 Å². The number of nitrogens with zero attached hydrogens (tertiary/aromatic N) is 2. The molecular formula is C9H8N4O2. The molecule has 15 heavy (non-hydrogen) atoms. The Morgan fingerprint density at radius 1 is 1.73 bits per heavy atom. The molecule has 0 fully saturated rings. The number of rotatable bonds is 1. The summed E-state index contributed by atoms with van der Waals surface area (Å²) in [6.07, 6.45) is -0.0414. The third-order valence-corrected chi connectivity index (χ3v) is 1.58. The SMILES string of the molecule is COC(=O)CC#Cc1[nH]nc(N)c1C#N. The van der Waals surface area contributed by atoms with E-state index in [-0.39, 0.29) is 17.8 Å². The van der Waals surface area contributed by atoms with Crippen molar-refractivity contribution in [2.24, 2.45) is 0 Å². The minimum Gasteiger partial charge on any atom is -0.468 e. The van der Waals surface area contributed by atoms with Gasteiger partial charge in [-0.25, -0.2) is 0 Å². The number of methoxy groups -OCH3 is 1. The van der Waals surface area contributed by atoms with Crippen molar-refractivity contribution in [1.29, 1.82) is 5.26 Å². The average molecular weight is 204 g/mol. The summed E-state index contributed by atoms with van der Waals surface area (Å²) in [4.78, 5) is 10.7. The summed E-state index contributed by atoms with van der Waals surface area (Å²) in [5.74, 6) is 4.78. The second-order valence-electron chi connectivity index (χ2n) is 2.53. The number of nitrogens with two attached hydrogens (primary N) is 1. The molecule has 0 saturated heterocycles. The molecule has 1 rings (SSSR count).